The molecule has 1 heterocycles. The molecular weight excluding hydrogens is 288 g/mol. The molecule has 3 heteroatoms. The number of nitrogens with zero attached hydrogens (tertiary/aromatic N) is 1. The maximum atomic E-state index is 3.72. The normalized spacial score (nSPS) is 20.5. The zero-order valence-electron chi connectivity index (χ0n) is 10.8. The van der Waals surface area contributed by atoms with Crippen molar-refractivity contribution in [3.8, 4) is 0 Å². The van der Waals surface area contributed by atoms with Crippen LogP contribution >= 0.6 is 15.9 Å². The summed E-state index contributed by atoms with van der Waals surface area (Å²) >= 11 is 3.72. The molecular formula is C15H21BrN2. The minimum atomic E-state index is 0.785. The Kier molecular flexibility index (Phi) is 4.02. The fraction of sp³-hybridized carbons (Fsp3) is 0.600. The van der Waals surface area contributed by atoms with Gasteiger partial charge >= 0.3 is 0 Å². The number of hydrogen-bond acceptors (Lipinski definition) is 2. The Morgan fingerprint density at radius 1 is 1.22 bits per heavy atom. The lowest BCUT2D eigenvalue weighted by molar-refractivity contribution is 0.331. The first-order chi connectivity index (χ1) is 8.81. The summed E-state index contributed by atoms with van der Waals surface area (Å²) in [6.45, 7) is 4.62. The second kappa shape index (κ2) is 5.72. The van der Waals surface area contributed by atoms with Crippen LogP contribution in [0, 0.1) is 0 Å². The Bertz CT molecular complexity index is 409. The van der Waals surface area contributed by atoms with Gasteiger partial charge in [-0.1, -0.05) is 28.1 Å². The molecule has 1 aromatic rings. The van der Waals surface area contributed by atoms with E-state index in [1.807, 2.05) is 0 Å². The van der Waals surface area contributed by atoms with Crippen molar-refractivity contribution in [3.05, 3.63) is 33.8 Å². The highest BCUT2D eigenvalue weighted by atomic mass is 79.9. The summed E-state index contributed by atoms with van der Waals surface area (Å²) in [6, 6.07) is 7.62. The molecule has 0 radical (unpaired) electrons. The molecule has 1 saturated heterocycles. The predicted octanol–water partition coefficient (Wildman–Crippen LogP) is 3.30. The molecule has 2 fully saturated rings. The van der Waals surface area contributed by atoms with Crippen molar-refractivity contribution in [3.63, 3.8) is 0 Å². The van der Waals surface area contributed by atoms with Gasteiger partial charge in [-0.15, -0.1) is 0 Å². The molecule has 2 aliphatic rings. The van der Waals surface area contributed by atoms with Gasteiger partial charge in [-0.25, -0.2) is 0 Å². The molecule has 1 saturated carbocycles. The third-order valence-electron chi connectivity index (χ3n) is 3.88. The molecule has 1 aliphatic carbocycles. The fourth-order valence-corrected chi connectivity index (χ4v) is 3.11. The van der Waals surface area contributed by atoms with Gasteiger partial charge in [-0.05, 0) is 56.0 Å². The second-order valence-electron chi connectivity index (χ2n) is 5.56. The zero-order valence-corrected chi connectivity index (χ0v) is 12.4. The van der Waals surface area contributed by atoms with Crippen LogP contribution in [-0.4, -0.2) is 24.0 Å². The van der Waals surface area contributed by atoms with E-state index in [0.29, 0.717) is 0 Å². The van der Waals surface area contributed by atoms with Gasteiger partial charge in [0.1, 0.15) is 0 Å². The molecule has 0 spiro atoms. The van der Waals surface area contributed by atoms with Crippen molar-refractivity contribution in [2.24, 2.45) is 0 Å². The molecule has 1 N–H and O–H groups in total. The van der Waals surface area contributed by atoms with Gasteiger partial charge in [0.15, 0.2) is 0 Å². The van der Waals surface area contributed by atoms with Crippen LogP contribution in [0.25, 0.3) is 0 Å². The number of rotatable bonds is 5. The monoisotopic (exact) mass is 308 g/mol. The summed E-state index contributed by atoms with van der Waals surface area (Å²) in [5.74, 6) is 0. The van der Waals surface area contributed by atoms with Crippen molar-refractivity contribution in [1.82, 2.24) is 10.2 Å². The first kappa shape index (κ1) is 12.6. The molecule has 0 unspecified atom stereocenters. The summed E-state index contributed by atoms with van der Waals surface area (Å²) in [6.07, 6.45) is 5.43. The van der Waals surface area contributed by atoms with Crippen molar-refractivity contribution in [1.29, 1.82) is 0 Å². The Labute approximate surface area is 118 Å². The van der Waals surface area contributed by atoms with Crippen molar-refractivity contribution in [2.75, 3.05) is 13.1 Å². The highest BCUT2D eigenvalue weighted by Crippen LogP contribution is 2.23. The third-order valence-corrected chi connectivity index (χ3v) is 4.62. The van der Waals surface area contributed by atoms with E-state index >= 15 is 0 Å². The topological polar surface area (TPSA) is 15.3 Å². The van der Waals surface area contributed by atoms with E-state index in [0.717, 1.165) is 19.1 Å². The minimum absolute atomic E-state index is 0.785. The number of likely N-dealkylation sites (tertiary alicyclic amines) is 1. The molecule has 1 aliphatic heterocycles. The van der Waals surface area contributed by atoms with Crippen LogP contribution < -0.4 is 5.32 Å². The van der Waals surface area contributed by atoms with Gasteiger partial charge < -0.3 is 5.32 Å². The molecule has 0 bridgehead atoms. The van der Waals surface area contributed by atoms with Crippen molar-refractivity contribution in [2.45, 2.75) is 44.8 Å². The quantitative estimate of drug-likeness (QED) is 0.898. The second-order valence-corrected chi connectivity index (χ2v) is 6.42. The average molecular weight is 309 g/mol. The van der Waals surface area contributed by atoms with Crippen LogP contribution in [-0.2, 0) is 13.1 Å². The van der Waals surface area contributed by atoms with Gasteiger partial charge in [-0.2, -0.15) is 0 Å². The molecule has 0 aromatic heterocycles. The molecule has 2 nitrogen and oxygen atoms in total. The lowest BCUT2D eigenvalue weighted by atomic mass is 10.1. The minimum Gasteiger partial charge on any atom is -0.310 e. The first-order valence-electron chi connectivity index (χ1n) is 7.04. The molecule has 0 atom stereocenters. The lowest BCUT2D eigenvalue weighted by Crippen LogP contribution is -2.19. The molecule has 3 rings (SSSR count). The van der Waals surface area contributed by atoms with Crippen LogP contribution in [0.2, 0.25) is 0 Å². The largest absolute Gasteiger partial charge is 0.310 e. The van der Waals surface area contributed by atoms with E-state index in [1.54, 1.807) is 0 Å². The Balaban J connectivity index is 1.60. The van der Waals surface area contributed by atoms with Gasteiger partial charge in [0.2, 0.25) is 0 Å². The van der Waals surface area contributed by atoms with Crippen LogP contribution in [0.3, 0.4) is 0 Å². The Morgan fingerprint density at radius 2 is 2.00 bits per heavy atom. The summed E-state index contributed by atoms with van der Waals surface area (Å²) in [5.41, 5.74) is 2.81. The lowest BCUT2D eigenvalue weighted by Gasteiger charge is -2.16. The SMILES string of the molecule is Brc1cc(CNC2CC2)ccc1CN1CCCC1. The highest BCUT2D eigenvalue weighted by molar-refractivity contribution is 9.10. The zero-order chi connectivity index (χ0) is 12.4. The molecule has 1 aromatic carbocycles. The van der Waals surface area contributed by atoms with E-state index in [-0.39, 0.29) is 0 Å². The number of halogens is 1. The Hall–Kier alpha value is -0.380. The van der Waals surface area contributed by atoms with E-state index in [1.165, 1.54) is 54.4 Å². The smallest absolute Gasteiger partial charge is 0.0244 e. The van der Waals surface area contributed by atoms with Crippen LogP contribution in [0.5, 0.6) is 0 Å². The summed E-state index contributed by atoms with van der Waals surface area (Å²) < 4.78 is 1.27. The average Bonchev–Trinajstić information content (AvgIpc) is 3.06. The van der Waals surface area contributed by atoms with Crippen LogP contribution in [0.15, 0.2) is 22.7 Å². The summed E-state index contributed by atoms with van der Waals surface area (Å²) in [4.78, 5) is 2.54. The fourth-order valence-electron chi connectivity index (χ4n) is 2.56. The highest BCUT2D eigenvalue weighted by Gasteiger charge is 2.20. The third kappa shape index (κ3) is 3.34. The van der Waals surface area contributed by atoms with Gasteiger partial charge in [0.05, 0.1) is 0 Å². The maximum Gasteiger partial charge on any atom is 0.0244 e. The van der Waals surface area contributed by atoms with E-state index in [4.69, 9.17) is 0 Å². The van der Waals surface area contributed by atoms with E-state index in [2.05, 4.69) is 44.3 Å². The van der Waals surface area contributed by atoms with Gasteiger partial charge in [0, 0.05) is 23.6 Å². The van der Waals surface area contributed by atoms with Crippen molar-refractivity contribution >= 4 is 15.9 Å². The number of hydrogen-bond donors (Lipinski definition) is 1. The molecule has 0 amide bonds. The standard InChI is InChI=1S/C15H21BrN2/c16-15-9-12(10-17-14-5-6-14)3-4-13(15)11-18-7-1-2-8-18/h3-4,9,14,17H,1-2,5-8,10-11H2. The van der Waals surface area contributed by atoms with Crippen LogP contribution in [0.4, 0.5) is 0 Å². The number of benzene rings is 1. The van der Waals surface area contributed by atoms with Crippen molar-refractivity contribution < 1.29 is 0 Å². The maximum absolute atomic E-state index is 3.72. The number of nitrogens with one attached hydrogen (secondary N) is 1. The van der Waals surface area contributed by atoms with Gasteiger partial charge in [0.25, 0.3) is 0 Å². The summed E-state index contributed by atoms with van der Waals surface area (Å²) in [5, 5.41) is 3.56. The molecule has 18 heavy (non-hydrogen) atoms. The molecule has 98 valence electrons. The van der Waals surface area contributed by atoms with Crippen LogP contribution in [0.1, 0.15) is 36.8 Å². The van der Waals surface area contributed by atoms with Gasteiger partial charge in [-0.3, -0.25) is 4.90 Å². The van der Waals surface area contributed by atoms with E-state index < -0.39 is 0 Å². The summed E-state index contributed by atoms with van der Waals surface area (Å²) in [7, 11) is 0. The predicted molar refractivity (Wildman–Crippen MR) is 78.5 cm³/mol. The first-order valence-corrected chi connectivity index (χ1v) is 7.83. The Morgan fingerprint density at radius 3 is 2.67 bits per heavy atom. The van der Waals surface area contributed by atoms with E-state index in [9.17, 15) is 0 Å².